The number of hydrogen-bond acceptors (Lipinski definition) is 4. The predicted octanol–water partition coefficient (Wildman–Crippen LogP) is 4.14. The van der Waals surface area contributed by atoms with Gasteiger partial charge in [0.2, 0.25) is 0 Å². The lowest BCUT2D eigenvalue weighted by molar-refractivity contribution is 0.0955. The number of nitrogens with zero attached hydrogens (tertiary/aromatic N) is 1. The van der Waals surface area contributed by atoms with Gasteiger partial charge in [0.1, 0.15) is 5.75 Å². The molecule has 0 unspecified atom stereocenters. The fraction of sp³-hybridized carbons (Fsp3) is 0.333. The van der Waals surface area contributed by atoms with E-state index < -0.39 is 0 Å². The molecule has 0 radical (unpaired) electrons. The fourth-order valence-electron chi connectivity index (χ4n) is 2.61. The van der Waals surface area contributed by atoms with Crippen molar-refractivity contribution >= 4 is 23.5 Å². The van der Waals surface area contributed by atoms with Gasteiger partial charge in [-0.3, -0.25) is 4.79 Å². The summed E-state index contributed by atoms with van der Waals surface area (Å²) < 4.78 is 5.89. The molecule has 23 heavy (non-hydrogen) atoms. The van der Waals surface area contributed by atoms with Gasteiger partial charge >= 0.3 is 0 Å². The molecule has 1 fully saturated rings. The van der Waals surface area contributed by atoms with E-state index in [0.717, 1.165) is 29.0 Å². The Bertz CT molecular complexity index is 685. The maximum atomic E-state index is 12.1. The van der Waals surface area contributed by atoms with Gasteiger partial charge in [-0.1, -0.05) is 0 Å². The number of nitrogens with one attached hydrogen (secondary N) is 1. The first-order valence-corrected chi connectivity index (χ1v) is 8.74. The second-order valence-electron chi connectivity index (χ2n) is 5.72. The molecule has 0 aliphatic heterocycles. The first-order valence-electron chi connectivity index (χ1n) is 7.86. The van der Waals surface area contributed by atoms with Crippen LogP contribution in [0, 0.1) is 6.92 Å². The summed E-state index contributed by atoms with van der Waals surface area (Å²) in [5.74, 6) is 0.606. The second kappa shape index (κ2) is 7.42. The van der Waals surface area contributed by atoms with Crippen molar-refractivity contribution < 1.29 is 9.53 Å². The Kier molecular flexibility index (Phi) is 5.08. The van der Waals surface area contributed by atoms with Gasteiger partial charge in [0, 0.05) is 10.4 Å². The van der Waals surface area contributed by atoms with Crippen molar-refractivity contribution in [2.45, 2.75) is 38.7 Å². The van der Waals surface area contributed by atoms with Crippen LogP contribution in [0.4, 0.5) is 0 Å². The van der Waals surface area contributed by atoms with E-state index in [9.17, 15) is 4.79 Å². The number of ether oxygens (including phenoxy) is 1. The molecule has 2 aromatic rings. The zero-order valence-corrected chi connectivity index (χ0v) is 13.9. The summed E-state index contributed by atoms with van der Waals surface area (Å²) in [4.78, 5) is 13.1. The van der Waals surface area contributed by atoms with Crippen molar-refractivity contribution in [2.75, 3.05) is 0 Å². The SMILES string of the molecule is Cc1ccsc1C=NNC(=O)c1ccc(OC2CCCC2)cc1. The van der Waals surface area contributed by atoms with Gasteiger partial charge < -0.3 is 4.74 Å². The number of carbonyl (C=O) groups excluding carboxylic acids is 1. The quantitative estimate of drug-likeness (QED) is 0.662. The van der Waals surface area contributed by atoms with Crippen LogP contribution in [-0.2, 0) is 0 Å². The number of hydrogen-bond donors (Lipinski definition) is 1. The highest BCUT2D eigenvalue weighted by Crippen LogP contribution is 2.24. The zero-order chi connectivity index (χ0) is 16.1. The van der Waals surface area contributed by atoms with E-state index in [1.54, 1.807) is 29.7 Å². The lowest BCUT2D eigenvalue weighted by atomic mass is 10.2. The Morgan fingerprint density at radius 2 is 2.00 bits per heavy atom. The molecule has 1 aliphatic rings. The molecule has 0 bridgehead atoms. The number of benzene rings is 1. The van der Waals surface area contributed by atoms with Crippen LogP contribution in [0.5, 0.6) is 5.75 Å². The Labute approximate surface area is 140 Å². The topological polar surface area (TPSA) is 50.7 Å². The van der Waals surface area contributed by atoms with Crippen LogP contribution in [0.3, 0.4) is 0 Å². The van der Waals surface area contributed by atoms with E-state index in [4.69, 9.17) is 4.74 Å². The number of thiophene rings is 1. The van der Waals surface area contributed by atoms with Crippen molar-refractivity contribution in [1.82, 2.24) is 5.43 Å². The highest BCUT2D eigenvalue weighted by molar-refractivity contribution is 7.11. The molecule has 120 valence electrons. The largest absolute Gasteiger partial charge is 0.490 e. The first kappa shape index (κ1) is 15.7. The molecule has 1 aromatic carbocycles. The van der Waals surface area contributed by atoms with Crippen LogP contribution in [0.2, 0.25) is 0 Å². The minimum atomic E-state index is -0.220. The average molecular weight is 328 g/mol. The molecule has 1 amide bonds. The maximum absolute atomic E-state index is 12.1. The third-order valence-corrected chi connectivity index (χ3v) is 4.92. The van der Waals surface area contributed by atoms with E-state index in [0.29, 0.717) is 11.7 Å². The van der Waals surface area contributed by atoms with Gasteiger partial charge in [0.05, 0.1) is 12.3 Å². The standard InChI is InChI=1S/C18H20N2O2S/c1-13-10-11-23-17(13)12-19-20-18(21)14-6-8-16(9-7-14)22-15-4-2-3-5-15/h6-12,15H,2-5H2,1H3,(H,20,21). The van der Waals surface area contributed by atoms with E-state index >= 15 is 0 Å². The van der Waals surface area contributed by atoms with Gasteiger partial charge in [0.15, 0.2) is 0 Å². The Morgan fingerprint density at radius 3 is 2.65 bits per heavy atom. The highest BCUT2D eigenvalue weighted by Gasteiger charge is 2.16. The minimum absolute atomic E-state index is 0.220. The van der Waals surface area contributed by atoms with Crippen LogP contribution < -0.4 is 10.2 Å². The molecule has 1 saturated carbocycles. The van der Waals surface area contributed by atoms with Crippen LogP contribution in [-0.4, -0.2) is 18.2 Å². The minimum Gasteiger partial charge on any atom is -0.490 e. The molecule has 3 rings (SSSR count). The molecule has 1 aliphatic carbocycles. The molecule has 1 heterocycles. The van der Waals surface area contributed by atoms with Gasteiger partial charge in [0.25, 0.3) is 5.91 Å². The van der Waals surface area contributed by atoms with Gasteiger partial charge in [-0.25, -0.2) is 5.43 Å². The van der Waals surface area contributed by atoms with E-state index in [2.05, 4.69) is 10.5 Å². The number of hydrazone groups is 1. The van der Waals surface area contributed by atoms with Crippen molar-refractivity contribution in [3.8, 4) is 5.75 Å². The Hall–Kier alpha value is -2.14. The average Bonchev–Trinajstić information content (AvgIpc) is 3.20. The van der Waals surface area contributed by atoms with Crippen LogP contribution in [0.25, 0.3) is 0 Å². The van der Waals surface area contributed by atoms with Crippen LogP contribution in [0.1, 0.15) is 46.5 Å². The van der Waals surface area contributed by atoms with E-state index in [1.165, 1.54) is 12.8 Å². The third-order valence-electron chi connectivity index (χ3n) is 3.97. The number of carbonyl (C=O) groups is 1. The van der Waals surface area contributed by atoms with Gasteiger partial charge in [-0.2, -0.15) is 5.10 Å². The molecular weight excluding hydrogens is 308 g/mol. The number of aryl methyl sites for hydroxylation is 1. The fourth-order valence-corrected chi connectivity index (χ4v) is 3.40. The Morgan fingerprint density at radius 1 is 1.26 bits per heavy atom. The molecule has 0 saturated heterocycles. The molecule has 0 atom stereocenters. The van der Waals surface area contributed by atoms with Crippen LogP contribution in [0.15, 0.2) is 40.8 Å². The predicted molar refractivity (Wildman–Crippen MR) is 93.4 cm³/mol. The molecule has 1 aromatic heterocycles. The first-order chi connectivity index (χ1) is 11.2. The zero-order valence-electron chi connectivity index (χ0n) is 13.1. The molecule has 1 N–H and O–H groups in total. The molecule has 5 heteroatoms. The number of amides is 1. The maximum Gasteiger partial charge on any atom is 0.271 e. The molecular formula is C18H20N2O2S. The van der Waals surface area contributed by atoms with Gasteiger partial charge in [-0.15, -0.1) is 11.3 Å². The second-order valence-corrected chi connectivity index (χ2v) is 6.66. The lowest BCUT2D eigenvalue weighted by Crippen LogP contribution is -2.17. The summed E-state index contributed by atoms with van der Waals surface area (Å²) in [5.41, 5.74) is 4.28. The van der Waals surface area contributed by atoms with Crippen molar-refractivity contribution in [1.29, 1.82) is 0 Å². The lowest BCUT2D eigenvalue weighted by Gasteiger charge is -2.12. The summed E-state index contributed by atoms with van der Waals surface area (Å²) in [5, 5.41) is 6.01. The van der Waals surface area contributed by atoms with Crippen LogP contribution >= 0.6 is 11.3 Å². The normalized spacial score (nSPS) is 15.2. The van der Waals surface area contributed by atoms with Gasteiger partial charge in [-0.05, 0) is 73.9 Å². The summed E-state index contributed by atoms with van der Waals surface area (Å²) in [6.45, 7) is 2.02. The van der Waals surface area contributed by atoms with Crippen molar-refractivity contribution in [2.24, 2.45) is 5.10 Å². The number of rotatable bonds is 5. The summed E-state index contributed by atoms with van der Waals surface area (Å²) in [6, 6.07) is 9.26. The molecule has 4 nitrogen and oxygen atoms in total. The highest BCUT2D eigenvalue weighted by atomic mass is 32.1. The van der Waals surface area contributed by atoms with E-state index in [-0.39, 0.29) is 5.91 Å². The summed E-state index contributed by atoms with van der Waals surface area (Å²) in [7, 11) is 0. The monoisotopic (exact) mass is 328 g/mol. The van der Waals surface area contributed by atoms with Crippen molar-refractivity contribution in [3.05, 3.63) is 51.7 Å². The van der Waals surface area contributed by atoms with Crippen molar-refractivity contribution in [3.63, 3.8) is 0 Å². The Balaban J connectivity index is 1.55. The van der Waals surface area contributed by atoms with E-state index in [1.807, 2.05) is 30.5 Å². The smallest absolute Gasteiger partial charge is 0.271 e. The summed E-state index contributed by atoms with van der Waals surface area (Å²) in [6.07, 6.45) is 6.74. The summed E-state index contributed by atoms with van der Waals surface area (Å²) >= 11 is 1.60. The third kappa shape index (κ3) is 4.20. The molecule has 0 spiro atoms.